The fourth-order valence-electron chi connectivity index (χ4n) is 2.20. The van der Waals surface area contributed by atoms with Crippen molar-refractivity contribution >= 4 is 5.95 Å². The van der Waals surface area contributed by atoms with Crippen molar-refractivity contribution in [2.45, 2.75) is 13.1 Å². The maximum atomic E-state index is 5.34. The molecule has 1 saturated heterocycles. The standard InChI is InChI=1S/C11H16N4O2/c1-16-10-8-6-12-7-9(8)13-11(14-10)15-2-4-17-5-3-15/h12H,2-7H2,1H3. The summed E-state index contributed by atoms with van der Waals surface area (Å²) >= 11 is 0. The molecule has 0 bridgehead atoms. The van der Waals surface area contributed by atoms with E-state index in [1.165, 1.54) is 0 Å². The first-order valence-corrected chi connectivity index (χ1v) is 5.85. The van der Waals surface area contributed by atoms with Gasteiger partial charge >= 0.3 is 0 Å². The lowest BCUT2D eigenvalue weighted by atomic mass is 10.2. The molecule has 1 N–H and O–H groups in total. The third-order valence-electron chi connectivity index (χ3n) is 3.12. The Morgan fingerprint density at radius 1 is 1.24 bits per heavy atom. The van der Waals surface area contributed by atoms with Gasteiger partial charge in [-0.15, -0.1) is 0 Å². The predicted octanol–water partition coefficient (Wildman–Crippen LogP) is -0.0750. The number of nitrogens with one attached hydrogen (secondary N) is 1. The minimum Gasteiger partial charge on any atom is -0.481 e. The summed E-state index contributed by atoms with van der Waals surface area (Å²) in [5, 5.41) is 3.27. The molecular weight excluding hydrogens is 220 g/mol. The van der Waals surface area contributed by atoms with E-state index < -0.39 is 0 Å². The van der Waals surface area contributed by atoms with Gasteiger partial charge in [-0.3, -0.25) is 0 Å². The number of fused-ring (bicyclic) bond motifs is 1. The van der Waals surface area contributed by atoms with Crippen molar-refractivity contribution in [2.24, 2.45) is 0 Å². The summed E-state index contributed by atoms with van der Waals surface area (Å²) in [6.07, 6.45) is 0. The number of methoxy groups -OCH3 is 1. The molecule has 3 rings (SSSR count). The van der Waals surface area contributed by atoms with Gasteiger partial charge in [0.25, 0.3) is 0 Å². The predicted molar refractivity (Wildman–Crippen MR) is 62.2 cm³/mol. The number of anilines is 1. The van der Waals surface area contributed by atoms with Crippen molar-refractivity contribution < 1.29 is 9.47 Å². The molecule has 2 aliphatic heterocycles. The molecule has 1 fully saturated rings. The highest BCUT2D eigenvalue weighted by molar-refractivity contribution is 5.42. The third kappa shape index (κ3) is 1.94. The van der Waals surface area contributed by atoms with E-state index in [1.54, 1.807) is 7.11 Å². The maximum absolute atomic E-state index is 5.34. The Kier molecular flexibility index (Phi) is 2.82. The van der Waals surface area contributed by atoms with E-state index in [2.05, 4.69) is 20.2 Å². The van der Waals surface area contributed by atoms with Gasteiger partial charge in [-0.25, -0.2) is 4.98 Å². The van der Waals surface area contributed by atoms with Crippen LogP contribution in [-0.4, -0.2) is 43.4 Å². The van der Waals surface area contributed by atoms with Crippen LogP contribution in [0, 0.1) is 0 Å². The molecule has 0 saturated carbocycles. The fraction of sp³-hybridized carbons (Fsp3) is 0.636. The lowest BCUT2D eigenvalue weighted by Crippen LogP contribution is -2.37. The topological polar surface area (TPSA) is 59.5 Å². The quantitative estimate of drug-likeness (QED) is 0.775. The van der Waals surface area contributed by atoms with Crippen molar-refractivity contribution in [3.63, 3.8) is 0 Å². The molecule has 2 aliphatic rings. The van der Waals surface area contributed by atoms with Crippen LogP contribution in [0.2, 0.25) is 0 Å². The number of aromatic nitrogens is 2. The van der Waals surface area contributed by atoms with Gasteiger partial charge in [-0.05, 0) is 0 Å². The highest BCUT2D eigenvalue weighted by Gasteiger charge is 2.22. The van der Waals surface area contributed by atoms with Gasteiger partial charge < -0.3 is 19.7 Å². The van der Waals surface area contributed by atoms with E-state index in [0.29, 0.717) is 5.88 Å². The molecule has 1 aromatic rings. The first kappa shape index (κ1) is 10.7. The van der Waals surface area contributed by atoms with Gasteiger partial charge in [0.1, 0.15) is 0 Å². The van der Waals surface area contributed by atoms with Gasteiger partial charge in [-0.2, -0.15) is 4.98 Å². The molecule has 0 amide bonds. The first-order valence-electron chi connectivity index (χ1n) is 5.85. The molecule has 0 unspecified atom stereocenters. The molecule has 0 radical (unpaired) electrons. The van der Waals surface area contributed by atoms with Crippen LogP contribution in [0.4, 0.5) is 5.95 Å². The summed E-state index contributed by atoms with van der Waals surface area (Å²) in [6, 6.07) is 0. The molecule has 0 atom stereocenters. The number of rotatable bonds is 2. The van der Waals surface area contributed by atoms with E-state index >= 15 is 0 Å². The van der Waals surface area contributed by atoms with Gasteiger partial charge in [0, 0.05) is 26.2 Å². The summed E-state index contributed by atoms with van der Waals surface area (Å²) < 4.78 is 10.7. The Labute approximate surface area is 100.0 Å². The zero-order chi connectivity index (χ0) is 11.7. The van der Waals surface area contributed by atoms with E-state index in [9.17, 15) is 0 Å². The Morgan fingerprint density at radius 2 is 2.06 bits per heavy atom. The van der Waals surface area contributed by atoms with Crippen molar-refractivity contribution in [1.82, 2.24) is 15.3 Å². The first-order chi connectivity index (χ1) is 8.38. The van der Waals surface area contributed by atoms with Crippen LogP contribution in [0.1, 0.15) is 11.3 Å². The van der Waals surface area contributed by atoms with Crippen molar-refractivity contribution in [3.8, 4) is 5.88 Å². The van der Waals surface area contributed by atoms with E-state index in [-0.39, 0.29) is 0 Å². The van der Waals surface area contributed by atoms with Gasteiger partial charge in [0.15, 0.2) is 0 Å². The fourth-order valence-corrected chi connectivity index (χ4v) is 2.20. The number of ether oxygens (including phenoxy) is 2. The Hall–Kier alpha value is -1.40. The Balaban J connectivity index is 1.94. The zero-order valence-corrected chi connectivity index (χ0v) is 9.90. The highest BCUT2D eigenvalue weighted by Crippen LogP contribution is 2.25. The van der Waals surface area contributed by atoms with Crippen LogP contribution in [0.3, 0.4) is 0 Å². The molecule has 17 heavy (non-hydrogen) atoms. The Morgan fingerprint density at radius 3 is 2.82 bits per heavy atom. The molecule has 0 aromatic carbocycles. The van der Waals surface area contributed by atoms with Crippen LogP contribution in [0.15, 0.2) is 0 Å². The maximum Gasteiger partial charge on any atom is 0.229 e. The second-order valence-electron chi connectivity index (χ2n) is 4.16. The summed E-state index contributed by atoms with van der Waals surface area (Å²) in [7, 11) is 1.66. The minimum atomic E-state index is 0.696. The number of hydrogen-bond acceptors (Lipinski definition) is 6. The average molecular weight is 236 g/mol. The molecular formula is C11H16N4O2. The summed E-state index contributed by atoms with van der Waals surface area (Å²) in [6.45, 7) is 4.75. The van der Waals surface area contributed by atoms with Gasteiger partial charge in [-0.1, -0.05) is 0 Å². The summed E-state index contributed by atoms with van der Waals surface area (Å²) in [5.41, 5.74) is 2.14. The van der Waals surface area contributed by atoms with E-state index in [1.807, 2.05) is 0 Å². The number of hydrogen-bond donors (Lipinski definition) is 1. The largest absolute Gasteiger partial charge is 0.481 e. The monoisotopic (exact) mass is 236 g/mol. The lowest BCUT2D eigenvalue weighted by Gasteiger charge is -2.27. The SMILES string of the molecule is COc1nc(N2CCOCC2)nc2c1CNC2. The minimum absolute atomic E-state index is 0.696. The highest BCUT2D eigenvalue weighted by atomic mass is 16.5. The van der Waals surface area contributed by atoms with Crippen LogP contribution >= 0.6 is 0 Å². The molecule has 6 nitrogen and oxygen atoms in total. The van der Waals surface area contributed by atoms with Crippen LogP contribution in [-0.2, 0) is 17.8 Å². The van der Waals surface area contributed by atoms with Crippen molar-refractivity contribution in [2.75, 3.05) is 38.3 Å². The molecule has 0 spiro atoms. The molecule has 92 valence electrons. The smallest absolute Gasteiger partial charge is 0.229 e. The number of morpholine rings is 1. The van der Waals surface area contributed by atoms with Crippen LogP contribution in [0.25, 0.3) is 0 Å². The second kappa shape index (κ2) is 4.46. The van der Waals surface area contributed by atoms with E-state index in [0.717, 1.165) is 56.6 Å². The normalized spacial score (nSPS) is 19.2. The third-order valence-corrected chi connectivity index (χ3v) is 3.12. The van der Waals surface area contributed by atoms with Crippen LogP contribution < -0.4 is 15.0 Å². The summed E-state index contributed by atoms with van der Waals surface area (Å²) in [5.74, 6) is 1.45. The zero-order valence-electron chi connectivity index (χ0n) is 9.90. The Bertz CT molecular complexity index is 418. The molecule has 0 aliphatic carbocycles. The lowest BCUT2D eigenvalue weighted by molar-refractivity contribution is 0.122. The molecule has 6 heteroatoms. The van der Waals surface area contributed by atoms with Gasteiger partial charge in [0.05, 0.1) is 31.6 Å². The van der Waals surface area contributed by atoms with Crippen molar-refractivity contribution in [1.29, 1.82) is 0 Å². The summed E-state index contributed by atoms with van der Waals surface area (Å²) in [4.78, 5) is 11.2. The van der Waals surface area contributed by atoms with E-state index in [4.69, 9.17) is 9.47 Å². The second-order valence-corrected chi connectivity index (χ2v) is 4.16. The van der Waals surface area contributed by atoms with Gasteiger partial charge in [0.2, 0.25) is 11.8 Å². The van der Waals surface area contributed by atoms with Crippen LogP contribution in [0.5, 0.6) is 5.88 Å². The molecule has 1 aromatic heterocycles. The van der Waals surface area contributed by atoms with Crippen molar-refractivity contribution in [3.05, 3.63) is 11.3 Å². The molecule has 3 heterocycles. The average Bonchev–Trinajstić information content (AvgIpc) is 2.86. The number of nitrogens with zero attached hydrogens (tertiary/aromatic N) is 3.